The Balaban J connectivity index is 1.64. The highest BCUT2D eigenvalue weighted by Crippen LogP contribution is 2.20. The summed E-state index contributed by atoms with van der Waals surface area (Å²) >= 11 is 0. The smallest absolute Gasteiger partial charge is 0.264 e. The molecule has 2 N–H and O–H groups in total. The summed E-state index contributed by atoms with van der Waals surface area (Å²) in [6.07, 6.45) is 2.50. The number of nitrogens with zero attached hydrogens (tertiary/aromatic N) is 1. The van der Waals surface area contributed by atoms with Crippen LogP contribution in [0.15, 0.2) is 35.1 Å². The van der Waals surface area contributed by atoms with Crippen molar-refractivity contribution in [1.29, 1.82) is 0 Å². The third-order valence-corrected chi connectivity index (χ3v) is 4.08. The normalized spacial score (nSPS) is 16.5. The van der Waals surface area contributed by atoms with Crippen LogP contribution in [-0.2, 0) is 24.1 Å². The molecule has 1 atom stereocenters. The first-order chi connectivity index (χ1) is 11.2. The Morgan fingerprint density at radius 3 is 3.09 bits per heavy atom. The van der Waals surface area contributed by atoms with Gasteiger partial charge in [0.15, 0.2) is 0 Å². The molecular formula is C17H19N3O3. The van der Waals surface area contributed by atoms with Gasteiger partial charge in [0.1, 0.15) is 5.75 Å². The number of carbonyl (C=O) groups excluding carboxylic acids is 1. The van der Waals surface area contributed by atoms with Crippen molar-refractivity contribution in [2.24, 2.45) is 0 Å². The van der Waals surface area contributed by atoms with Crippen molar-refractivity contribution in [1.82, 2.24) is 15.5 Å². The number of aromatic nitrogens is 2. The van der Waals surface area contributed by atoms with E-state index >= 15 is 0 Å². The first kappa shape index (κ1) is 15.3. The summed E-state index contributed by atoms with van der Waals surface area (Å²) in [5, 5.41) is 9.55. The molecule has 6 nitrogen and oxygen atoms in total. The van der Waals surface area contributed by atoms with Crippen LogP contribution in [0.2, 0.25) is 0 Å². The minimum Gasteiger partial charge on any atom is -0.496 e. The number of fused-ring (bicyclic) bond motifs is 1. The minimum atomic E-state index is -0.204. The lowest BCUT2D eigenvalue weighted by molar-refractivity contribution is -0.121. The van der Waals surface area contributed by atoms with Crippen LogP contribution in [0.1, 0.15) is 23.2 Å². The van der Waals surface area contributed by atoms with E-state index in [1.807, 2.05) is 24.3 Å². The zero-order chi connectivity index (χ0) is 16.2. The van der Waals surface area contributed by atoms with Crippen LogP contribution in [0.4, 0.5) is 0 Å². The molecule has 1 amide bonds. The molecule has 0 unspecified atom stereocenters. The molecule has 1 heterocycles. The van der Waals surface area contributed by atoms with E-state index in [0.717, 1.165) is 29.7 Å². The number of benzene rings is 1. The molecular weight excluding hydrogens is 294 g/mol. The van der Waals surface area contributed by atoms with Gasteiger partial charge in [-0.1, -0.05) is 18.2 Å². The van der Waals surface area contributed by atoms with Crippen molar-refractivity contribution in [3.8, 4) is 5.75 Å². The molecule has 6 heteroatoms. The largest absolute Gasteiger partial charge is 0.496 e. The van der Waals surface area contributed by atoms with Crippen molar-refractivity contribution in [3.05, 3.63) is 57.5 Å². The lowest BCUT2D eigenvalue weighted by Crippen LogP contribution is -2.40. The summed E-state index contributed by atoms with van der Waals surface area (Å²) in [4.78, 5) is 23.6. The van der Waals surface area contributed by atoms with Gasteiger partial charge in [0.2, 0.25) is 5.91 Å². The summed E-state index contributed by atoms with van der Waals surface area (Å²) in [7, 11) is 1.60. The van der Waals surface area contributed by atoms with Crippen molar-refractivity contribution in [2.75, 3.05) is 7.11 Å². The van der Waals surface area contributed by atoms with Gasteiger partial charge in [-0.25, -0.2) is 5.10 Å². The maximum atomic E-state index is 12.3. The van der Waals surface area contributed by atoms with Crippen LogP contribution in [0, 0.1) is 0 Å². The number of nitrogens with one attached hydrogen (secondary N) is 2. The molecule has 0 spiro atoms. The molecule has 0 saturated carbocycles. The van der Waals surface area contributed by atoms with E-state index in [-0.39, 0.29) is 23.9 Å². The third kappa shape index (κ3) is 3.59. The van der Waals surface area contributed by atoms with E-state index in [0.29, 0.717) is 12.2 Å². The summed E-state index contributed by atoms with van der Waals surface area (Å²) in [5.41, 5.74) is 2.49. The third-order valence-electron chi connectivity index (χ3n) is 4.08. The topological polar surface area (TPSA) is 84.1 Å². The number of aryl methyl sites for hydroxylation is 1. The van der Waals surface area contributed by atoms with Crippen LogP contribution in [0.3, 0.4) is 0 Å². The standard InChI is InChI=1S/C17H19N3O3/c1-23-15-5-3-2-4-11(15)9-16(21)18-13-6-7-14-12(8-13)10-17(22)20-19-14/h2-5,10,13H,6-9H2,1H3,(H,18,21)(H,20,22)/t13-/m1/s1. The Bertz CT molecular complexity index is 770. The number of hydrogen-bond donors (Lipinski definition) is 2. The van der Waals surface area contributed by atoms with Gasteiger partial charge in [0.25, 0.3) is 5.56 Å². The highest BCUT2D eigenvalue weighted by atomic mass is 16.5. The molecule has 2 aromatic rings. The number of para-hydroxylation sites is 1. The molecule has 0 aliphatic heterocycles. The number of carbonyl (C=O) groups is 1. The molecule has 120 valence electrons. The quantitative estimate of drug-likeness (QED) is 0.882. The zero-order valence-electron chi connectivity index (χ0n) is 13.0. The van der Waals surface area contributed by atoms with Crippen molar-refractivity contribution in [2.45, 2.75) is 31.7 Å². The molecule has 0 bridgehead atoms. The van der Waals surface area contributed by atoms with Crippen LogP contribution in [0.25, 0.3) is 0 Å². The van der Waals surface area contributed by atoms with E-state index < -0.39 is 0 Å². The molecule has 1 aromatic heterocycles. The van der Waals surface area contributed by atoms with Gasteiger partial charge in [0.05, 0.1) is 19.2 Å². The van der Waals surface area contributed by atoms with Crippen molar-refractivity contribution in [3.63, 3.8) is 0 Å². The van der Waals surface area contributed by atoms with Crippen LogP contribution >= 0.6 is 0 Å². The number of hydrogen-bond acceptors (Lipinski definition) is 4. The molecule has 0 saturated heterocycles. The Hall–Kier alpha value is -2.63. The number of methoxy groups -OCH3 is 1. The Morgan fingerprint density at radius 1 is 1.43 bits per heavy atom. The zero-order valence-corrected chi connectivity index (χ0v) is 13.0. The van der Waals surface area contributed by atoms with Gasteiger partial charge in [-0.2, -0.15) is 5.10 Å². The average molecular weight is 313 g/mol. The second kappa shape index (κ2) is 6.64. The van der Waals surface area contributed by atoms with Gasteiger partial charge in [-0.15, -0.1) is 0 Å². The first-order valence-corrected chi connectivity index (χ1v) is 7.64. The van der Waals surface area contributed by atoms with E-state index in [4.69, 9.17) is 4.74 Å². The van der Waals surface area contributed by atoms with Crippen LogP contribution in [-0.4, -0.2) is 29.3 Å². The van der Waals surface area contributed by atoms with Crippen LogP contribution < -0.4 is 15.6 Å². The number of rotatable bonds is 4. The first-order valence-electron chi connectivity index (χ1n) is 7.64. The van der Waals surface area contributed by atoms with Gasteiger partial charge in [-0.05, 0) is 30.9 Å². The second-order valence-electron chi connectivity index (χ2n) is 5.70. The monoisotopic (exact) mass is 313 g/mol. The predicted molar refractivity (Wildman–Crippen MR) is 85.5 cm³/mol. The molecule has 0 radical (unpaired) electrons. The Kier molecular flexibility index (Phi) is 4.41. The highest BCUT2D eigenvalue weighted by molar-refractivity contribution is 5.79. The second-order valence-corrected chi connectivity index (χ2v) is 5.70. The SMILES string of the molecule is COc1ccccc1CC(=O)N[C@@H]1CCc2n[nH]c(=O)cc2C1. The van der Waals surface area contributed by atoms with E-state index in [2.05, 4.69) is 15.5 Å². The van der Waals surface area contributed by atoms with E-state index in [1.54, 1.807) is 13.2 Å². The lowest BCUT2D eigenvalue weighted by atomic mass is 9.92. The fourth-order valence-corrected chi connectivity index (χ4v) is 2.96. The van der Waals surface area contributed by atoms with E-state index in [9.17, 15) is 9.59 Å². The fraction of sp³-hybridized carbons (Fsp3) is 0.353. The number of H-pyrrole nitrogens is 1. The highest BCUT2D eigenvalue weighted by Gasteiger charge is 2.22. The minimum absolute atomic E-state index is 0.0355. The van der Waals surface area contributed by atoms with Gasteiger partial charge >= 0.3 is 0 Å². The van der Waals surface area contributed by atoms with Gasteiger partial charge < -0.3 is 10.1 Å². The number of aromatic amines is 1. The molecule has 23 heavy (non-hydrogen) atoms. The molecule has 3 rings (SSSR count). The van der Waals surface area contributed by atoms with Crippen molar-refractivity contribution >= 4 is 5.91 Å². The summed E-state index contributed by atoms with van der Waals surface area (Å²) in [6.45, 7) is 0. The van der Waals surface area contributed by atoms with Gasteiger partial charge in [-0.3, -0.25) is 9.59 Å². The Labute approximate surface area is 133 Å². The van der Waals surface area contributed by atoms with Crippen molar-refractivity contribution < 1.29 is 9.53 Å². The average Bonchev–Trinajstić information content (AvgIpc) is 2.55. The molecule has 1 aromatic carbocycles. The van der Waals surface area contributed by atoms with Gasteiger partial charge in [0, 0.05) is 17.7 Å². The lowest BCUT2D eigenvalue weighted by Gasteiger charge is -2.24. The summed E-state index contributed by atoms with van der Waals surface area (Å²) in [5.74, 6) is 0.674. The van der Waals surface area contributed by atoms with Crippen LogP contribution in [0.5, 0.6) is 5.75 Å². The molecule has 1 aliphatic carbocycles. The molecule has 1 aliphatic rings. The number of ether oxygens (including phenoxy) is 1. The summed E-state index contributed by atoms with van der Waals surface area (Å²) < 4.78 is 5.27. The Morgan fingerprint density at radius 2 is 2.26 bits per heavy atom. The summed E-state index contributed by atoms with van der Waals surface area (Å²) in [6, 6.07) is 9.10. The maximum absolute atomic E-state index is 12.3. The predicted octanol–water partition coefficient (Wildman–Crippen LogP) is 0.995. The van der Waals surface area contributed by atoms with E-state index in [1.165, 1.54) is 0 Å². The molecule has 0 fully saturated rings. The fourth-order valence-electron chi connectivity index (χ4n) is 2.96. The number of amides is 1. The maximum Gasteiger partial charge on any atom is 0.264 e.